The molecule has 3 nitrogen and oxygen atoms in total. The predicted octanol–water partition coefficient (Wildman–Crippen LogP) is 3.69. The molecule has 5 heteroatoms. The largest absolute Gasteiger partial charge is 0.273 e. The molecule has 0 fully saturated rings. The van der Waals surface area contributed by atoms with E-state index < -0.39 is 0 Å². The number of nitrogens with zero attached hydrogens (tertiary/aromatic N) is 1. The van der Waals surface area contributed by atoms with Crippen LogP contribution in [0.1, 0.15) is 11.1 Å². The molecule has 0 aliphatic rings. The average Bonchev–Trinajstić information content (AvgIpc) is 2.44. The van der Waals surface area contributed by atoms with Crippen molar-refractivity contribution in [3.8, 4) is 0 Å². The van der Waals surface area contributed by atoms with E-state index in [4.69, 9.17) is 23.2 Å². The first-order chi connectivity index (χ1) is 9.65. The first-order valence-electron chi connectivity index (χ1n) is 5.96. The topological polar surface area (TPSA) is 41.5 Å². The third-order valence-corrected chi connectivity index (χ3v) is 3.29. The van der Waals surface area contributed by atoms with E-state index in [1.165, 1.54) is 6.21 Å². The maximum absolute atomic E-state index is 11.7. The van der Waals surface area contributed by atoms with Crippen LogP contribution >= 0.6 is 23.2 Å². The molecule has 0 saturated heterocycles. The standard InChI is InChI=1S/C15H12Cl2N2O/c16-13-7-6-12(8-14(13)17)10-18-19-15(20)9-11-4-2-1-3-5-11/h1-8,10H,9H2,(H,19,20)/b18-10-. The zero-order valence-corrected chi connectivity index (χ0v) is 12.0. The molecule has 0 unspecified atom stereocenters. The zero-order chi connectivity index (χ0) is 14.4. The molecule has 102 valence electrons. The number of hydrogen-bond acceptors (Lipinski definition) is 2. The molecular weight excluding hydrogens is 295 g/mol. The van der Waals surface area contributed by atoms with Crippen LogP contribution in [0.5, 0.6) is 0 Å². The summed E-state index contributed by atoms with van der Waals surface area (Å²) in [7, 11) is 0. The van der Waals surface area contributed by atoms with Crippen LogP contribution in [-0.4, -0.2) is 12.1 Å². The fourth-order valence-electron chi connectivity index (χ4n) is 1.59. The summed E-state index contributed by atoms with van der Waals surface area (Å²) < 4.78 is 0. The van der Waals surface area contributed by atoms with E-state index in [9.17, 15) is 4.79 Å². The molecule has 0 heterocycles. The van der Waals surface area contributed by atoms with Gasteiger partial charge in [-0.15, -0.1) is 0 Å². The van der Waals surface area contributed by atoms with Gasteiger partial charge in [-0.3, -0.25) is 4.79 Å². The molecule has 1 N–H and O–H groups in total. The van der Waals surface area contributed by atoms with Crippen molar-refractivity contribution in [3.05, 3.63) is 69.7 Å². The van der Waals surface area contributed by atoms with Crippen LogP contribution in [0.3, 0.4) is 0 Å². The highest BCUT2D eigenvalue weighted by Gasteiger charge is 2.01. The number of nitrogens with one attached hydrogen (secondary N) is 1. The van der Waals surface area contributed by atoms with E-state index in [2.05, 4.69) is 10.5 Å². The van der Waals surface area contributed by atoms with Crippen LogP contribution in [0.2, 0.25) is 10.0 Å². The van der Waals surface area contributed by atoms with Crippen LogP contribution < -0.4 is 5.43 Å². The molecule has 0 aromatic heterocycles. The van der Waals surface area contributed by atoms with Crippen LogP contribution in [0.15, 0.2) is 53.6 Å². The van der Waals surface area contributed by atoms with Gasteiger partial charge in [0.25, 0.3) is 0 Å². The third-order valence-electron chi connectivity index (χ3n) is 2.55. The van der Waals surface area contributed by atoms with Crippen molar-refractivity contribution in [3.63, 3.8) is 0 Å². The molecule has 0 saturated carbocycles. The Bertz CT molecular complexity index is 627. The summed E-state index contributed by atoms with van der Waals surface area (Å²) in [6.45, 7) is 0. The molecule has 0 atom stereocenters. The smallest absolute Gasteiger partial charge is 0.244 e. The van der Waals surface area contributed by atoms with E-state index in [0.717, 1.165) is 11.1 Å². The highest BCUT2D eigenvalue weighted by molar-refractivity contribution is 6.42. The van der Waals surface area contributed by atoms with Crippen molar-refractivity contribution in [1.29, 1.82) is 0 Å². The van der Waals surface area contributed by atoms with Crippen molar-refractivity contribution >= 4 is 35.3 Å². The number of hydrogen-bond donors (Lipinski definition) is 1. The van der Waals surface area contributed by atoms with Crippen LogP contribution in [0.4, 0.5) is 0 Å². The van der Waals surface area contributed by atoms with E-state index in [-0.39, 0.29) is 5.91 Å². The highest BCUT2D eigenvalue weighted by Crippen LogP contribution is 2.21. The van der Waals surface area contributed by atoms with Crippen molar-refractivity contribution in [2.75, 3.05) is 0 Å². The number of carbonyl (C=O) groups is 1. The van der Waals surface area contributed by atoms with Gasteiger partial charge in [0, 0.05) is 0 Å². The maximum Gasteiger partial charge on any atom is 0.244 e. The lowest BCUT2D eigenvalue weighted by atomic mass is 10.1. The summed E-state index contributed by atoms with van der Waals surface area (Å²) in [5.74, 6) is -0.174. The lowest BCUT2D eigenvalue weighted by molar-refractivity contribution is -0.120. The Hall–Kier alpha value is -1.84. The van der Waals surface area contributed by atoms with Gasteiger partial charge in [-0.1, -0.05) is 59.6 Å². The van der Waals surface area contributed by atoms with E-state index in [1.807, 2.05) is 30.3 Å². The van der Waals surface area contributed by atoms with Gasteiger partial charge in [0.1, 0.15) is 0 Å². The van der Waals surface area contributed by atoms with Gasteiger partial charge in [-0.2, -0.15) is 5.10 Å². The third kappa shape index (κ3) is 4.37. The lowest BCUT2D eigenvalue weighted by Crippen LogP contribution is -2.19. The minimum Gasteiger partial charge on any atom is -0.273 e. The van der Waals surface area contributed by atoms with E-state index in [1.54, 1.807) is 18.2 Å². The summed E-state index contributed by atoms with van der Waals surface area (Å²) in [4.78, 5) is 11.7. The number of benzene rings is 2. The minimum absolute atomic E-state index is 0.174. The quantitative estimate of drug-likeness (QED) is 0.679. The first kappa shape index (κ1) is 14.6. The minimum atomic E-state index is -0.174. The number of halogens is 2. The Labute approximate surface area is 127 Å². The second-order valence-electron chi connectivity index (χ2n) is 4.13. The molecular formula is C15H12Cl2N2O. The molecule has 0 radical (unpaired) electrons. The van der Waals surface area contributed by atoms with Gasteiger partial charge >= 0.3 is 0 Å². The molecule has 1 amide bonds. The first-order valence-corrected chi connectivity index (χ1v) is 6.71. The summed E-state index contributed by atoms with van der Waals surface area (Å²) in [6, 6.07) is 14.6. The Morgan fingerprint density at radius 3 is 2.55 bits per heavy atom. The normalized spacial score (nSPS) is 10.7. The van der Waals surface area contributed by atoms with Crippen LogP contribution in [0.25, 0.3) is 0 Å². The SMILES string of the molecule is O=C(Cc1ccccc1)N/N=C\c1ccc(Cl)c(Cl)c1. The van der Waals surface area contributed by atoms with Crippen molar-refractivity contribution in [1.82, 2.24) is 5.43 Å². The molecule has 0 bridgehead atoms. The van der Waals surface area contributed by atoms with Gasteiger partial charge in [0.05, 0.1) is 22.7 Å². The van der Waals surface area contributed by atoms with Crippen LogP contribution in [0, 0.1) is 0 Å². The zero-order valence-electron chi connectivity index (χ0n) is 10.5. The Kier molecular flexibility index (Phi) is 5.16. The maximum atomic E-state index is 11.7. The van der Waals surface area contributed by atoms with Gasteiger partial charge < -0.3 is 0 Å². The van der Waals surface area contributed by atoms with Gasteiger partial charge in [0.15, 0.2) is 0 Å². The molecule has 2 aromatic rings. The lowest BCUT2D eigenvalue weighted by Gasteiger charge is -2.00. The summed E-state index contributed by atoms with van der Waals surface area (Å²) >= 11 is 11.7. The molecule has 20 heavy (non-hydrogen) atoms. The second kappa shape index (κ2) is 7.08. The van der Waals surface area contributed by atoms with Crippen molar-refractivity contribution in [2.45, 2.75) is 6.42 Å². The van der Waals surface area contributed by atoms with Gasteiger partial charge in [-0.25, -0.2) is 5.43 Å². The average molecular weight is 307 g/mol. The molecule has 0 spiro atoms. The van der Waals surface area contributed by atoms with Gasteiger partial charge in [0.2, 0.25) is 5.91 Å². The van der Waals surface area contributed by atoms with E-state index >= 15 is 0 Å². The monoisotopic (exact) mass is 306 g/mol. The second-order valence-corrected chi connectivity index (χ2v) is 4.94. The van der Waals surface area contributed by atoms with Crippen molar-refractivity contribution < 1.29 is 4.79 Å². The predicted molar refractivity (Wildman–Crippen MR) is 82.3 cm³/mol. The van der Waals surface area contributed by atoms with Gasteiger partial charge in [-0.05, 0) is 23.3 Å². The summed E-state index contributed by atoms with van der Waals surface area (Å²) in [5, 5.41) is 4.82. The number of hydrazone groups is 1. The Balaban J connectivity index is 1.89. The summed E-state index contributed by atoms with van der Waals surface area (Å²) in [5.41, 5.74) is 4.17. The highest BCUT2D eigenvalue weighted by atomic mass is 35.5. The van der Waals surface area contributed by atoms with Crippen molar-refractivity contribution in [2.24, 2.45) is 5.10 Å². The number of carbonyl (C=O) groups excluding carboxylic acids is 1. The number of rotatable bonds is 4. The molecule has 0 aliphatic heterocycles. The summed E-state index contributed by atoms with van der Waals surface area (Å²) in [6.07, 6.45) is 1.81. The fourth-order valence-corrected chi connectivity index (χ4v) is 1.90. The molecule has 2 rings (SSSR count). The fraction of sp³-hybridized carbons (Fsp3) is 0.0667. The van der Waals surface area contributed by atoms with Crippen LogP contribution in [-0.2, 0) is 11.2 Å². The Morgan fingerprint density at radius 1 is 1.10 bits per heavy atom. The molecule has 0 aliphatic carbocycles. The Morgan fingerprint density at radius 2 is 1.85 bits per heavy atom. The molecule has 2 aromatic carbocycles. The van der Waals surface area contributed by atoms with E-state index in [0.29, 0.717) is 16.5 Å². The number of amides is 1.